The molecule has 1 aliphatic heterocycles. The summed E-state index contributed by atoms with van der Waals surface area (Å²) in [5.41, 5.74) is 0.227. The van der Waals surface area contributed by atoms with E-state index in [1.54, 1.807) is 6.92 Å². The van der Waals surface area contributed by atoms with E-state index in [-0.39, 0.29) is 24.3 Å². The van der Waals surface area contributed by atoms with E-state index in [9.17, 15) is 14.4 Å². The fourth-order valence-corrected chi connectivity index (χ4v) is 4.75. The predicted octanol–water partition coefficient (Wildman–Crippen LogP) is 2.07. The molecule has 0 radical (unpaired) electrons. The molecule has 2 aliphatic carbocycles. The van der Waals surface area contributed by atoms with Crippen molar-refractivity contribution < 1.29 is 14.4 Å². The van der Waals surface area contributed by atoms with E-state index in [1.165, 1.54) is 22.6 Å². The molecule has 2 heterocycles. The lowest BCUT2D eigenvalue weighted by Crippen LogP contribution is -2.46. The molecule has 4 amide bonds. The Hall–Kier alpha value is -1.96. The number of urea groups is 1. The van der Waals surface area contributed by atoms with Gasteiger partial charge < -0.3 is 10.6 Å². The van der Waals surface area contributed by atoms with Gasteiger partial charge in [-0.2, -0.15) is 0 Å². The van der Waals surface area contributed by atoms with Crippen LogP contribution in [-0.4, -0.2) is 39.8 Å². The van der Waals surface area contributed by atoms with Crippen LogP contribution in [0.15, 0.2) is 0 Å². The summed E-state index contributed by atoms with van der Waals surface area (Å²) < 4.78 is 0. The fourth-order valence-electron chi connectivity index (χ4n) is 3.68. The number of fused-ring (bicyclic) bond motifs is 1. The fraction of sp³-hybridized carbons (Fsp3) is 0.647. The van der Waals surface area contributed by atoms with E-state index in [0.29, 0.717) is 5.13 Å². The maximum absolute atomic E-state index is 12.6. The van der Waals surface area contributed by atoms with E-state index in [2.05, 4.69) is 15.6 Å². The smallest absolute Gasteiger partial charge is 0.323 e. The minimum absolute atomic E-state index is 0.187. The van der Waals surface area contributed by atoms with Crippen molar-refractivity contribution in [2.24, 2.45) is 5.92 Å². The molecule has 4 rings (SSSR count). The van der Waals surface area contributed by atoms with E-state index < -0.39 is 11.6 Å². The van der Waals surface area contributed by atoms with Gasteiger partial charge in [0.1, 0.15) is 12.1 Å². The molecule has 0 bridgehead atoms. The topological polar surface area (TPSA) is 91.4 Å². The Morgan fingerprint density at radius 3 is 2.84 bits per heavy atom. The molecule has 134 valence electrons. The maximum Gasteiger partial charge on any atom is 0.325 e. The number of imide groups is 1. The van der Waals surface area contributed by atoms with Crippen LogP contribution in [0.5, 0.6) is 0 Å². The average Bonchev–Trinajstić information content (AvgIpc) is 3.35. The number of carbonyl (C=O) groups excluding carboxylic acids is 3. The minimum Gasteiger partial charge on any atom is -0.323 e. The number of aromatic nitrogens is 1. The van der Waals surface area contributed by atoms with E-state index in [1.807, 2.05) is 0 Å². The Morgan fingerprint density at radius 1 is 1.32 bits per heavy atom. The number of amides is 4. The highest BCUT2D eigenvalue weighted by molar-refractivity contribution is 7.15. The lowest BCUT2D eigenvalue weighted by atomic mass is 9.96. The molecule has 1 aromatic rings. The molecule has 0 aromatic carbocycles. The highest BCUT2D eigenvalue weighted by Crippen LogP contribution is 2.42. The number of aryl methyl sites for hydroxylation is 2. The molecule has 1 atom stereocenters. The number of nitrogens with zero attached hydrogens (tertiary/aromatic N) is 2. The predicted molar refractivity (Wildman–Crippen MR) is 93.4 cm³/mol. The van der Waals surface area contributed by atoms with Crippen LogP contribution in [0, 0.1) is 5.92 Å². The Kier molecular flexibility index (Phi) is 4.02. The van der Waals surface area contributed by atoms with Crippen molar-refractivity contribution in [2.75, 3.05) is 11.9 Å². The Balaban J connectivity index is 1.41. The number of thiazole rings is 1. The molecular weight excluding hydrogens is 340 g/mol. The zero-order valence-electron chi connectivity index (χ0n) is 14.3. The molecule has 2 N–H and O–H groups in total. The molecule has 3 aliphatic rings. The second-order valence-corrected chi connectivity index (χ2v) is 8.38. The van der Waals surface area contributed by atoms with Crippen LogP contribution >= 0.6 is 11.3 Å². The van der Waals surface area contributed by atoms with Gasteiger partial charge in [0, 0.05) is 4.88 Å². The van der Waals surface area contributed by atoms with Crippen LogP contribution in [0.2, 0.25) is 0 Å². The molecular formula is C17H22N4O3S. The van der Waals surface area contributed by atoms with Gasteiger partial charge in [-0.3, -0.25) is 14.5 Å². The van der Waals surface area contributed by atoms with Crippen LogP contribution < -0.4 is 10.6 Å². The van der Waals surface area contributed by atoms with Gasteiger partial charge in [0.15, 0.2) is 5.13 Å². The maximum atomic E-state index is 12.6. The second-order valence-electron chi connectivity index (χ2n) is 7.30. The number of nitrogens with one attached hydrogen (secondary N) is 2. The van der Waals surface area contributed by atoms with Gasteiger partial charge in [-0.1, -0.05) is 6.42 Å². The van der Waals surface area contributed by atoms with Crippen molar-refractivity contribution in [3.63, 3.8) is 0 Å². The lowest BCUT2D eigenvalue weighted by Gasteiger charge is -2.20. The summed E-state index contributed by atoms with van der Waals surface area (Å²) in [4.78, 5) is 43.8. The summed E-state index contributed by atoms with van der Waals surface area (Å²) >= 11 is 1.50. The standard InChI is InChI=1S/C17H22N4O3S/c1-17(10-7-8-10)14(23)21(16(24)20-17)9-13(22)19-15-18-11-5-3-2-4-6-12(11)25-15/h10H,2-9H2,1H3,(H,20,24)(H,18,19,22)/t17-/m1/s1. The van der Waals surface area contributed by atoms with E-state index in [0.717, 1.165) is 49.1 Å². The molecule has 0 spiro atoms. The first kappa shape index (κ1) is 16.5. The van der Waals surface area contributed by atoms with Crippen LogP contribution in [0.4, 0.5) is 9.93 Å². The zero-order chi connectivity index (χ0) is 17.6. The first-order chi connectivity index (χ1) is 12.0. The van der Waals surface area contributed by atoms with Gasteiger partial charge >= 0.3 is 6.03 Å². The summed E-state index contributed by atoms with van der Waals surface area (Å²) in [6, 6.07) is -0.482. The van der Waals surface area contributed by atoms with Gasteiger partial charge in [0.2, 0.25) is 5.91 Å². The molecule has 25 heavy (non-hydrogen) atoms. The van der Waals surface area contributed by atoms with Crippen molar-refractivity contribution >= 4 is 34.3 Å². The van der Waals surface area contributed by atoms with Crippen LogP contribution in [-0.2, 0) is 22.4 Å². The number of rotatable bonds is 4. The summed E-state index contributed by atoms with van der Waals surface area (Å²) in [6.45, 7) is 1.48. The summed E-state index contributed by atoms with van der Waals surface area (Å²) in [5, 5.41) is 6.07. The Bertz CT molecular complexity index is 719. The second kappa shape index (κ2) is 6.09. The zero-order valence-corrected chi connectivity index (χ0v) is 15.1. The quantitative estimate of drug-likeness (QED) is 0.634. The van der Waals surface area contributed by atoms with Crippen molar-refractivity contribution in [1.82, 2.24) is 15.2 Å². The van der Waals surface area contributed by atoms with Crippen molar-refractivity contribution in [2.45, 2.75) is 57.4 Å². The molecule has 2 fully saturated rings. The number of carbonyl (C=O) groups is 3. The van der Waals surface area contributed by atoms with Crippen molar-refractivity contribution in [3.8, 4) is 0 Å². The first-order valence-electron chi connectivity index (χ1n) is 8.90. The summed E-state index contributed by atoms with van der Waals surface area (Å²) in [5.74, 6) is -0.496. The molecule has 1 aromatic heterocycles. The molecule has 0 unspecified atom stereocenters. The molecule has 7 nitrogen and oxygen atoms in total. The third-order valence-electron chi connectivity index (χ3n) is 5.34. The van der Waals surface area contributed by atoms with Gasteiger partial charge in [-0.05, 0) is 51.4 Å². The largest absolute Gasteiger partial charge is 0.325 e. The van der Waals surface area contributed by atoms with Crippen molar-refractivity contribution in [3.05, 3.63) is 10.6 Å². The number of anilines is 1. The van der Waals surface area contributed by atoms with Gasteiger partial charge in [0.05, 0.1) is 5.69 Å². The van der Waals surface area contributed by atoms with Gasteiger partial charge in [0.25, 0.3) is 5.91 Å². The van der Waals surface area contributed by atoms with Gasteiger partial charge in [-0.25, -0.2) is 9.78 Å². The normalized spacial score (nSPS) is 26.2. The summed E-state index contributed by atoms with van der Waals surface area (Å²) in [7, 11) is 0. The van der Waals surface area contributed by atoms with Crippen molar-refractivity contribution in [1.29, 1.82) is 0 Å². The van der Waals surface area contributed by atoms with E-state index >= 15 is 0 Å². The molecule has 8 heteroatoms. The third kappa shape index (κ3) is 3.03. The highest BCUT2D eigenvalue weighted by Gasteiger charge is 2.56. The monoisotopic (exact) mass is 362 g/mol. The summed E-state index contributed by atoms with van der Waals surface area (Å²) in [6.07, 6.45) is 7.35. The first-order valence-corrected chi connectivity index (χ1v) is 9.71. The molecule has 1 saturated heterocycles. The SMILES string of the molecule is C[C@]1(C2CC2)NC(=O)N(CC(=O)Nc2nc3c(s2)CCCCC3)C1=O. The van der Waals surface area contributed by atoms with E-state index in [4.69, 9.17) is 0 Å². The van der Waals surface area contributed by atoms with Crippen LogP contribution in [0.1, 0.15) is 49.6 Å². The lowest BCUT2D eigenvalue weighted by molar-refractivity contribution is -0.134. The Labute approximate surface area is 150 Å². The van der Waals surface area contributed by atoms with Gasteiger partial charge in [-0.15, -0.1) is 11.3 Å². The average molecular weight is 362 g/mol. The Morgan fingerprint density at radius 2 is 2.08 bits per heavy atom. The molecule has 1 saturated carbocycles. The number of hydrogen-bond donors (Lipinski definition) is 2. The van der Waals surface area contributed by atoms with Crippen LogP contribution in [0.25, 0.3) is 0 Å². The third-order valence-corrected chi connectivity index (χ3v) is 6.41. The minimum atomic E-state index is -0.851. The number of hydrogen-bond acceptors (Lipinski definition) is 5. The van der Waals surface area contributed by atoms with Crippen LogP contribution in [0.3, 0.4) is 0 Å². The highest BCUT2D eigenvalue weighted by atomic mass is 32.1.